The summed E-state index contributed by atoms with van der Waals surface area (Å²) in [6, 6.07) is 18.1. The van der Waals surface area contributed by atoms with Crippen molar-refractivity contribution in [1.82, 2.24) is 14.8 Å². The van der Waals surface area contributed by atoms with Crippen molar-refractivity contribution in [3.8, 4) is 0 Å². The Bertz CT molecular complexity index is 940. The van der Waals surface area contributed by atoms with E-state index in [4.69, 9.17) is 4.74 Å². The molecule has 1 aromatic heterocycles. The zero-order valence-electron chi connectivity index (χ0n) is 17.7. The molecule has 0 saturated carbocycles. The lowest BCUT2D eigenvalue weighted by Crippen LogP contribution is -2.15. The summed E-state index contributed by atoms with van der Waals surface area (Å²) in [6.07, 6.45) is 0.687. The molecule has 0 radical (unpaired) electrons. The van der Waals surface area contributed by atoms with Crippen molar-refractivity contribution >= 4 is 23.4 Å². The van der Waals surface area contributed by atoms with Gasteiger partial charge in [0.1, 0.15) is 5.82 Å². The summed E-state index contributed by atoms with van der Waals surface area (Å²) >= 11 is 1.39. The predicted octanol–water partition coefficient (Wildman–Crippen LogP) is 4.37. The predicted molar refractivity (Wildman–Crippen MR) is 121 cm³/mol. The Labute approximate surface area is 182 Å². The molecule has 0 bridgehead atoms. The van der Waals surface area contributed by atoms with Gasteiger partial charge in [-0.25, -0.2) is 0 Å². The summed E-state index contributed by atoms with van der Waals surface area (Å²) < 4.78 is 7.27. The van der Waals surface area contributed by atoms with Crippen LogP contribution in [0.25, 0.3) is 0 Å². The van der Waals surface area contributed by atoms with E-state index in [9.17, 15) is 4.79 Å². The normalized spacial score (nSPS) is 11.1. The SMILES string of the molecule is COCCn1c(Cc2ccccc2)nnc1SCC(=O)Nc1ccc(C(C)C)cc1. The number of carbonyl (C=O) groups is 1. The van der Waals surface area contributed by atoms with Crippen LogP contribution in [0.15, 0.2) is 59.8 Å². The van der Waals surface area contributed by atoms with E-state index >= 15 is 0 Å². The molecule has 0 spiro atoms. The van der Waals surface area contributed by atoms with Crippen LogP contribution in [-0.2, 0) is 22.5 Å². The molecule has 6 nitrogen and oxygen atoms in total. The summed E-state index contributed by atoms with van der Waals surface area (Å²) in [6.45, 7) is 5.50. The van der Waals surface area contributed by atoms with E-state index in [2.05, 4.69) is 41.5 Å². The summed E-state index contributed by atoms with van der Waals surface area (Å²) in [5.41, 5.74) is 3.22. The van der Waals surface area contributed by atoms with Crippen molar-refractivity contribution in [2.45, 2.75) is 37.9 Å². The van der Waals surface area contributed by atoms with Crippen LogP contribution in [0.2, 0.25) is 0 Å². The number of benzene rings is 2. The minimum Gasteiger partial charge on any atom is -0.383 e. The molecule has 0 aliphatic heterocycles. The van der Waals surface area contributed by atoms with Crippen LogP contribution < -0.4 is 5.32 Å². The van der Waals surface area contributed by atoms with Gasteiger partial charge < -0.3 is 14.6 Å². The van der Waals surface area contributed by atoms with E-state index in [0.29, 0.717) is 25.5 Å². The molecule has 1 amide bonds. The van der Waals surface area contributed by atoms with Gasteiger partial charge in [-0.2, -0.15) is 0 Å². The zero-order chi connectivity index (χ0) is 21.3. The number of nitrogens with one attached hydrogen (secondary N) is 1. The fourth-order valence-electron chi connectivity index (χ4n) is 3.02. The van der Waals surface area contributed by atoms with E-state index in [1.165, 1.54) is 22.9 Å². The van der Waals surface area contributed by atoms with Gasteiger partial charge in [0.25, 0.3) is 0 Å². The smallest absolute Gasteiger partial charge is 0.234 e. The molecule has 0 unspecified atom stereocenters. The van der Waals surface area contributed by atoms with Crippen molar-refractivity contribution in [3.05, 3.63) is 71.5 Å². The van der Waals surface area contributed by atoms with E-state index in [-0.39, 0.29) is 11.7 Å². The fourth-order valence-corrected chi connectivity index (χ4v) is 3.80. The van der Waals surface area contributed by atoms with Gasteiger partial charge in [0.05, 0.1) is 12.4 Å². The highest BCUT2D eigenvalue weighted by Crippen LogP contribution is 2.20. The topological polar surface area (TPSA) is 69.0 Å². The number of amides is 1. The molecular formula is C23H28N4O2S. The third-order valence-corrected chi connectivity index (χ3v) is 5.68. The second-order valence-corrected chi connectivity index (χ2v) is 8.26. The van der Waals surface area contributed by atoms with Gasteiger partial charge in [-0.1, -0.05) is 68.1 Å². The Kier molecular flexibility index (Phi) is 8.04. The molecule has 0 atom stereocenters. The van der Waals surface area contributed by atoms with Crippen molar-refractivity contribution in [2.75, 3.05) is 24.8 Å². The molecule has 1 heterocycles. The van der Waals surface area contributed by atoms with Gasteiger partial charge in [-0.05, 0) is 29.2 Å². The first-order chi connectivity index (χ1) is 14.6. The number of ether oxygens (including phenoxy) is 1. The first-order valence-corrected chi connectivity index (χ1v) is 11.0. The van der Waals surface area contributed by atoms with Crippen LogP contribution in [0.4, 0.5) is 5.69 Å². The number of rotatable bonds is 10. The number of carbonyl (C=O) groups excluding carboxylic acids is 1. The first-order valence-electron chi connectivity index (χ1n) is 10.0. The van der Waals surface area contributed by atoms with E-state index in [0.717, 1.165) is 16.7 Å². The molecule has 0 saturated heterocycles. The van der Waals surface area contributed by atoms with Crippen molar-refractivity contribution in [2.24, 2.45) is 0 Å². The summed E-state index contributed by atoms with van der Waals surface area (Å²) in [5.74, 6) is 1.53. The molecule has 3 aromatic rings. The second-order valence-electron chi connectivity index (χ2n) is 7.32. The highest BCUT2D eigenvalue weighted by molar-refractivity contribution is 7.99. The van der Waals surface area contributed by atoms with Gasteiger partial charge in [-0.3, -0.25) is 4.79 Å². The van der Waals surface area contributed by atoms with Crippen molar-refractivity contribution < 1.29 is 9.53 Å². The average molecular weight is 425 g/mol. The van der Waals surface area contributed by atoms with Crippen LogP contribution in [0.5, 0.6) is 0 Å². The van der Waals surface area contributed by atoms with Crippen LogP contribution in [0, 0.1) is 0 Å². The number of hydrogen-bond donors (Lipinski definition) is 1. The molecule has 30 heavy (non-hydrogen) atoms. The van der Waals surface area contributed by atoms with Crippen LogP contribution in [0.3, 0.4) is 0 Å². The maximum atomic E-state index is 12.4. The maximum Gasteiger partial charge on any atom is 0.234 e. The lowest BCUT2D eigenvalue weighted by molar-refractivity contribution is -0.113. The minimum absolute atomic E-state index is 0.0665. The average Bonchev–Trinajstić information content (AvgIpc) is 3.13. The van der Waals surface area contributed by atoms with Crippen molar-refractivity contribution in [1.29, 1.82) is 0 Å². The number of thioether (sulfide) groups is 1. The Hall–Kier alpha value is -2.64. The quantitative estimate of drug-likeness (QED) is 0.490. The zero-order valence-corrected chi connectivity index (χ0v) is 18.5. The van der Waals surface area contributed by atoms with Gasteiger partial charge in [0, 0.05) is 25.8 Å². The molecule has 1 N–H and O–H groups in total. The number of anilines is 1. The molecule has 0 fully saturated rings. The van der Waals surface area contributed by atoms with E-state index < -0.39 is 0 Å². The van der Waals surface area contributed by atoms with Crippen LogP contribution >= 0.6 is 11.8 Å². The monoisotopic (exact) mass is 424 g/mol. The summed E-state index contributed by atoms with van der Waals surface area (Å²) in [5, 5.41) is 12.3. The maximum absolute atomic E-state index is 12.4. The fraction of sp³-hybridized carbons (Fsp3) is 0.348. The van der Waals surface area contributed by atoms with E-state index in [1.807, 2.05) is 47.0 Å². The largest absolute Gasteiger partial charge is 0.383 e. The van der Waals surface area contributed by atoms with Crippen LogP contribution in [0.1, 0.15) is 36.7 Å². The minimum atomic E-state index is -0.0665. The Morgan fingerprint density at radius 1 is 1.10 bits per heavy atom. The van der Waals surface area contributed by atoms with Gasteiger partial charge in [-0.15, -0.1) is 10.2 Å². The highest BCUT2D eigenvalue weighted by atomic mass is 32.2. The first kappa shape index (κ1) is 22.1. The molecule has 0 aliphatic carbocycles. The molecule has 158 valence electrons. The van der Waals surface area contributed by atoms with Gasteiger partial charge in [0.15, 0.2) is 5.16 Å². The molecule has 2 aromatic carbocycles. The highest BCUT2D eigenvalue weighted by Gasteiger charge is 2.15. The molecule has 7 heteroatoms. The van der Waals surface area contributed by atoms with Crippen molar-refractivity contribution in [3.63, 3.8) is 0 Å². The number of methoxy groups -OCH3 is 1. The summed E-state index contributed by atoms with van der Waals surface area (Å²) in [7, 11) is 1.67. The molecular weight excluding hydrogens is 396 g/mol. The van der Waals surface area contributed by atoms with Crippen LogP contribution in [-0.4, -0.2) is 40.1 Å². The van der Waals surface area contributed by atoms with Gasteiger partial charge >= 0.3 is 0 Å². The lowest BCUT2D eigenvalue weighted by Gasteiger charge is -2.10. The third kappa shape index (κ3) is 6.18. The Balaban J connectivity index is 1.62. The Morgan fingerprint density at radius 3 is 2.50 bits per heavy atom. The Morgan fingerprint density at radius 2 is 1.83 bits per heavy atom. The molecule has 3 rings (SSSR count). The number of nitrogens with zero attached hydrogens (tertiary/aromatic N) is 3. The lowest BCUT2D eigenvalue weighted by atomic mass is 10.0. The standard InChI is InChI=1S/C23H28N4O2S/c1-17(2)19-9-11-20(12-10-19)24-22(28)16-30-23-26-25-21(27(23)13-14-29-3)15-18-7-5-4-6-8-18/h4-12,17H,13-16H2,1-3H3,(H,24,28). The second kappa shape index (κ2) is 10.9. The number of hydrogen-bond acceptors (Lipinski definition) is 5. The summed E-state index contributed by atoms with van der Waals surface area (Å²) in [4.78, 5) is 12.4. The number of aromatic nitrogens is 3. The molecule has 0 aliphatic rings. The van der Waals surface area contributed by atoms with E-state index in [1.54, 1.807) is 7.11 Å². The third-order valence-electron chi connectivity index (χ3n) is 4.71. The van der Waals surface area contributed by atoms with Gasteiger partial charge in [0.2, 0.25) is 5.91 Å².